The third-order valence-corrected chi connectivity index (χ3v) is 4.69. The van der Waals surface area contributed by atoms with Crippen molar-refractivity contribution in [2.24, 2.45) is 5.14 Å². The average Bonchev–Trinajstić information content (AvgIpc) is 2.67. The van der Waals surface area contributed by atoms with E-state index < -0.39 is 11.0 Å². The second kappa shape index (κ2) is 8.55. The van der Waals surface area contributed by atoms with Gasteiger partial charge in [-0.1, -0.05) is 37.3 Å². The summed E-state index contributed by atoms with van der Waals surface area (Å²) in [6.45, 7) is 2.95. The maximum Gasteiger partial charge on any atom is 0.229 e. The Morgan fingerprint density at radius 3 is 2.50 bits per heavy atom. The van der Waals surface area contributed by atoms with Gasteiger partial charge in [0, 0.05) is 18.4 Å². The van der Waals surface area contributed by atoms with Crippen LogP contribution >= 0.6 is 0 Å². The molecule has 4 N–H and O–H groups in total. The number of benzene rings is 2. The van der Waals surface area contributed by atoms with Gasteiger partial charge in [-0.25, -0.2) is 14.3 Å². The van der Waals surface area contributed by atoms with Crippen LogP contribution in [0.1, 0.15) is 18.4 Å². The first-order valence-corrected chi connectivity index (χ1v) is 9.48. The van der Waals surface area contributed by atoms with Crippen molar-refractivity contribution in [3.05, 3.63) is 72.4 Å². The quantitative estimate of drug-likeness (QED) is 0.595. The van der Waals surface area contributed by atoms with Crippen LogP contribution in [-0.4, -0.2) is 20.7 Å². The van der Waals surface area contributed by atoms with Crippen LogP contribution in [0.5, 0.6) is 0 Å². The van der Waals surface area contributed by atoms with Crippen LogP contribution in [-0.2, 0) is 11.0 Å². The molecule has 0 bridgehead atoms. The second-order valence-electron chi connectivity index (χ2n) is 5.90. The van der Waals surface area contributed by atoms with Crippen LogP contribution < -0.4 is 15.8 Å². The Bertz CT molecular complexity index is 871. The monoisotopic (exact) mass is 367 g/mol. The van der Waals surface area contributed by atoms with Crippen LogP contribution in [0.25, 0.3) is 0 Å². The number of nitrogens with one attached hydrogen (secondary N) is 2. The minimum Gasteiger partial charge on any atom is -0.369 e. The van der Waals surface area contributed by atoms with Crippen molar-refractivity contribution in [2.75, 3.05) is 17.2 Å². The predicted octanol–water partition coefficient (Wildman–Crippen LogP) is 3.42. The molecule has 0 amide bonds. The maximum absolute atomic E-state index is 11.2. The number of aromatic nitrogens is 2. The molecule has 0 fully saturated rings. The summed E-state index contributed by atoms with van der Waals surface area (Å²) in [6.07, 6.45) is 1.70. The zero-order valence-corrected chi connectivity index (χ0v) is 15.2. The summed E-state index contributed by atoms with van der Waals surface area (Å²) in [7, 11) is -1.48. The van der Waals surface area contributed by atoms with Crippen LogP contribution in [0.3, 0.4) is 0 Å². The van der Waals surface area contributed by atoms with Gasteiger partial charge in [0.25, 0.3) is 0 Å². The molecular weight excluding hydrogens is 346 g/mol. The lowest BCUT2D eigenvalue weighted by atomic mass is 10.0. The molecule has 1 aromatic heterocycles. The van der Waals surface area contributed by atoms with E-state index in [4.69, 9.17) is 5.14 Å². The Morgan fingerprint density at radius 2 is 1.81 bits per heavy atom. The first-order valence-electron chi connectivity index (χ1n) is 8.27. The highest BCUT2D eigenvalue weighted by Crippen LogP contribution is 2.18. The number of hydrogen-bond acceptors (Lipinski definition) is 5. The topological polar surface area (TPSA) is 92.9 Å². The van der Waals surface area contributed by atoms with E-state index in [9.17, 15) is 4.21 Å². The van der Waals surface area contributed by atoms with Crippen LogP contribution in [0.2, 0.25) is 0 Å². The molecule has 0 aliphatic rings. The average molecular weight is 367 g/mol. The number of hydrogen-bond donors (Lipinski definition) is 3. The molecule has 3 rings (SSSR count). The van der Waals surface area contributed by atoms with Crippen molar-refractivity contribution in [3.8, 4) is 0 Å². The third kappa shape index (κ3) is 4.87. The van der Waals surface area contributed by atoms with Crippen molar-refractivity contribution in [1.82, 2.24) is 9.97 Å². The molecule has 7 heteroatoms. The minimum absolute atomic E-state index is 0.368. The van der Waals surface area contributed by atoms with E-state index >= 15 is 0 Å². The smallest absolute Gasteiger partial charge is 0.229 e. The van der Waals surface area contributed by atoms with Crippen molar-refractivity contribution in [1.29, 1.82) is 0 Å². The normalized spacial score (nSPS) is 13.0. The zero-order valence-electron chi connectivity index (χ0n) is 14.4. The van der Waals surface area contributed by atoms with E-state index in [0.29, 0.717) is 16.8 Å². The number of nitrogens with zero attached hydrogens (tertiary/aromatic N) is 2. The summed E-state index contributed by atoms with van der Waals surface area (Å²) < 4.78 is 11.2. The fraction of sp³-hybridized carbons (Fsp3) is 0.158. The summed E-state index contributed by atoms with van der Waals surface area (Å²) in [5, 5.41) is 11.8. The number of anilines is 3. The Balaban J connectivity index is 1.62. The molecule has 0 saturated carbocycles. The Hall–Kier alpha value is -2.77. The van der Waals surface area contributed by atoms with E-state index in [1.54, 1.807) is 30.5 Å². The molecule has 0 aliphatic heterocycles. The SMILES string of the molecule is CC(CNc1ccnc(Nc2ccc(S(N)=O)cc2)n1)c1ccccc1. The fourth-order valence-corrected chi connectivity index (χ4v) is 2.88. The van der Waals surface area contributed by atoms with E-state index in [1.165, 1.54) is 5.56 Å². The lowest BCUT2D eigenvalue weighted by Gasteiger charge is -2.14. The van der Waals surface area contributed by atoms with Gasteiger partial charge in [-0.3, -0.25) is 0 Å². The molecule has 1 heterocycles. The highest BCUT2D eigenvalue weighted by atomic mass is 32.2. The maximum atomic E-state index is 11.2. The molecule has 0 radical (unpaired) electrons. The molecule has 2 unspecified atom stereocenters. The molecule has 2 atom stereocenters. The van der Waals surface area contributed by atoms with Gasteiger partial charge in [0.15, 0.2) is 0 Å². The van der Waals surface area contributed by atoms with Crippen molar-refractivity contribution in [3.63, 3.8) is 0 Å². The van der Waals surface area contributed by atoms with Gasteiger partial charge in [-0.15, -0.1) is 0 Å². The van der Waals surface area contributed by atoms with Gasteiger partial charge in [0.05, 0.1) is 4.90 Å². The van der Waals surface area contributed by atoms with Gasteiger partial charge >= 0.3 is 0 Å². The van der Waals surface area contributed by atoms with Gasteiger partial charge in [0.2, 0.25) is 5.95 Å². The third-order valence-electron chi connectivity index (χ3n) is 3.96. The van der Waals surface area contributed by atoms with Gasteiger partial charge in [-0.05, 0) is 41.8 Å². The standard InChI is InChI=1S/C19H21N5OS/c1-14(15-5-3-2-4-6-15)13-22-18-11-12-21-19(24-18)23-16-7-9-17(10-8-16)26(20)25/h2-12,14H,13,20H2,1H3,(H2,21,22,23,24). The number of nitrogens with two attached hydrogens (primary N) is 1. The summed E-state index contributed by atoms with van der Waals surface area (Å²) in [5.41, 5.74) is 2.08. The van der Waals surface area contributed by atoms with E-state index in [2.05, 4.69) is 39.7 Å². The highest BCUT2D eigenvalue weighted by Gasteiger charge is 2.06. The Labute approximate surface area is 155 Å². The number of rotatable bonds is 7. The lowest BCUT2D eigenvalue weighted by molar-refractivity contribution is 0.684. The molecular formula is C19H21N5OS. The molecule has 0 saturated heterocycles. The van der Waals surface area contributed by atoms with E-state index in [1.807, 2.05) is 24.3 Å². The fourth-order valence-electron chi connectivity index (χ4n) is 2.48. The predicted molar refractivity (Wildman–Crippen MR) is 106 cm³/mol. The largest absolute Gasteiger partial charge is 0.369 e. The summed E-state index contributed by atoms with van der Waals surface area (Å²) in [5.74, 6) is 1.61. The van der Waals surface area contributed by atoms with Crippen molar-refractivity contribution < 1.29 is 4.21 Å². The Morgan fingerprint density at radius 1 is 1.08 bits per heavy atom. The summed E-state index contributed by atoms with van der Waals surface area (Å²) >= 11 is 0. The second-order valence-corrected chi connectivity index (χ2v) is 6.97. The van der Waals surface area contributed by atoms with Crippen LogP contribution in [0, 0.1) is 0 Å². The highest BCUT2D eigenvalue weighted by molar-refractivity contribution is 7.82. The summed E-state index contributed by atoms with van der Waals surface area (Å²) in [6, 6.07) is 19.2. The molecule has 0 aliphatic carbocycles. The van der Waals surface area contributed by atoms with Gasteiger partial charge in [0.1, 0.15) is 16.8 Å². The molecule has 3 aromatic rings. The Kier molecular flexibility index (Phi) is 5.93. The lowest BCUT2D eigenvalue weighted by Crippen LogP contribution is -2.11. The van der Waals surface area contributed by atoms with Crippen molar-refractivity contribution in [2.45, 2.75) is 17.7 Å². The molecule has 2 aromatic carbocycles. The molecule has 6 nitrogen and oxygen atoms in total. The first-order chi connectivity index (χ1) is 12.6. The van der Waals surface area contributed by atoms with Gasteiger partial charge in [-0.2, -0.15) is 4.98 Å². The van der Waals surface area contributed by atoms with Crippen molar-refractivity contribution >= 4 is 28.4 Å². The first kappa shape index (κ1) is 18.0. The molecule has 134 valence electrons. The zero-order chi connectivity index (χ0) is 18.4. The summed E-state index contributed by atoms with van der Waals surface area (Å²) in [4.78, 5) is 9.27. The van der Waals surface area contributed by atoms with E-state index in [-0.39, 0.29) is 0 Å². The van der Waals surface area contributed by atoms with Gasteiger partial charge < -0.3 is 10.6 Å². The molecule has 26 heavy (non-hydrogen) atoms. The van der Waals surface area contributed by atoms with Crippen LogP contribution in [0.15, 0.2) is 71.8 Å². The minimum atomic E-state index is -1.48. The van der Waals surface area contributed by atoms with Crippen LogP contribution in [0.4, 0.5) is 17.5 Å². The van der Waals surface area contributed by atoms with E-state index in [0.717, 1.165) is 18.1 Å². The molecule has 0 spiro atoms.